The third kappa shape index (κ3) is 14.9. The predicted molar refractivity (Wildman–Crippen MR) is 164 cm³/mol. The number of halogens is 8. The van der Waals surface area contributed by atoms with Gasteiger partial charge in [-0.3, -0.25) is 0 Å². The maximum atomic E-state index is 12.7. The minimum absolute atomic E-state index is 0. The first kappa shape index (κ1) is 48.3. The van der Waals surface area contributed by atoms with E-state index in [9.17, 15) is 41.0 Å². The number of hydrogen-bond acceptors (Lipinski definition) is 6. The van der Waals surface area contributed by atoms with E-state index in [0.29, 0.717) is 15.6 Å². The molecule has 0 aromatic heterocycles. The first-order valence-corrected chi connectivity index (χ1v) is 13.3. The SMILES string of the molecule is C.COC(=O)C(Oc1cccc(C(F)(F)F)c1)c1ccc(Cl)cc1.O.O=C(O)C(Oc1cccc(C(F)(F)F)c1)c1ccc(Cl)cc1.[K+].[OH-]. The summed E-state index contributed by atoms with van der Waals surface area (Å²) in [4.78, 5) is 23.2. The van der Waals surface area contributed by atoms with Gasteiger partial charge in [0.1, 0.15) is 11.5 Å². The van der Waals surface area contributed by atoms with E-state index in [0.717, 1.165) is 30.3 Å². The van der Waals surface area contributed by atoms with Gasteiger partial charge >= 0.3 is 75.7 Å². The van der Waals surface area contributed by atoms with Crippen LogP contribution in [0.2, 0.25) is 10.0 Å². The third-order valence-corrected chi connectivity index (χ3v) is 6.32. The minimum atomic E-state index is -4.53. The Hall–Kier alpha value is -2.86. The summed E-state index contributed by atoms with van der Waals surface area (Å²) in [7, 11) is 1.17. The van der Waals surface area contributed by atoms with Gasteiger partial charge in [0, 0.05) is 21.2 Å². The molecule has 0 aliphatic heterocycles. The van der Waals surface area contributed by atoms with E-state index < -0.39 is 47.6 Å². The fourth-order valence-electron chi connectivity index (χ4n) is 3.66. The number of carbonyl (C=O) groups is 2. The number of benzene rings is 4. The van der Waals surface area contributed by atoms with Gasteiger partial charge in [0.2, 0.25) is 12.2 Å². The Morgan fingerprint density at radius 3 is 1.35 bits per heavy atom. The number of alkyl halides is 6. The second-order valence-corrected chi connectivity index (χ2v) is 9.88. The fraction of sp³-hybridized carbons (Fsp3) is 0.188. The standard InChI is InChI=1S/C16H12ClF3O3.C15H10ClF3O3.CH4.K.2H2O/c1-22-15(21)14(10-5-7-12(17)8-6-10)23-13-4-2-3-11(9-13)16(18,19)20;16-11-6-4-9(5-7-11)13(14(20)21)22-12-3-1-2-10(8-12)15(17,18)19;;;;/h2-9,14H,1H3;1-8,13H,(H,20,21);1H4;;2*1H2/q;;;+1;;/p-1. The summed E-state index contributed by atoms with van der Waals surface area (Å²) in [6.07, 6.45) is -11.7. The molecule has 4 N–H and O–H groups in total. The molecule has 4 aromatic rings. The van der Waals surface area contributed by atoms with Crippen LogP contribution in [0, 0.1) is 0 Å². The summed E-state index contributed by atoms with van der Waals surface area (Å²) >= 11 is 11.5. The van der Waals surface area contributed by atoms with E-state index in [2.05, 4.69) is 4.74 Å². The van der Waals surface area contributed by atoms with Crippen molar-refractivity contribution in [3.8, 4) is 11.5 Å². The Kier molecular flexibility index (Phi) is 21.0. The minimum Gasteiger partial charge on any atom is -0.870 e. The zero-order valence-electron chi connectivity index (χ0n) is 24.9. The van der Waals surface area contributed by atoms with Gasteiger partial charge in [0.15, 0.2) is 0 Å². The van der Waals surface area contributed by atoms with Crippen LogP contribution in [0.15, 0.2) is 97.1 Å². The van der Waals surface area contributed by atoms with Crippen molar-refractivity contribution >= 4 is 35.1 Å². The molecule has 0 heterocycles. The zero-order chi connectivity index (χ0) is 33.4. The number of rotatable bonds is 8. The molecule has 0 amide bonds. The third-order valence-electron chi connectivity index (χ3n) is 5.82. The van der Waals surface area contributed by atoms with E-state index in [-0.39, 0.29) is 86.8 Å². The molecule has 262 valence electrons. The number of carbonyl (C=O) groups excluding carboxylic acids is 1. The molecule has 0 spiro atoms. The summed E-state index contributed by atoms with van der Waals surface area (Å²) in [5.74, 6) is -2.33. The fourth-order valence-corrected chi connectivity index (χ4v) is 3.91. The molecular formula is C32H29Cl2F6KO8. The van der Waals surface area contributed by atoms with Crippen LogP contribution in [0.5, 0.6) is 11.5 Å². The summed E-state index contributed by atoms with van der Waals surface area (Å²) in [5.41, 5.74) is -1.09. The topological polar surface area (TPSA) is 144 Å². The van der Waals surface area contributed by atoms with Crippen LogP contribution in [0.25, 0.3) is 0 Å². The second-order valence-electron chi connectivity index (χ2n) is 9.01. The summed E-state index contributed by atoms with van der Waals surface area (Å²) in [5, 5.41) is 10.1. The normalized spacial score (nSPS) is 11.6. The number of methoxy groups -OCH3 is 1. The second kappa shape index (κ2) is 21.4. The Morgan fingerprint density at radius 2 is 1.02 bits per heavy atom. The smallest absolute Gasteiger partial charge is 0.870 e. The molecule has 4 rings (SSSR count). The Balaban J connectivity index is 0. The van der Waals surface area contributed by atoms with Gasteiger partial charge in [0.25, 0.3) is 0 Å². The number of hydrogen-bond donors (Lipinski definition) is 1. The molecule has 0 saturated carbocycles. The van der Waals surface area contributed by atoms with Gasteiger partial charge in [-0.1, -0.05) is 67.0 Å². The Labute approximate surface area is 329 Å². The van der Waals surface area contributed by atoms with Gasteiger partial charge in [-0.25, -0.2) is 9.59 Å². The van der Waals surface area contributed by atoms with Crippen molar-refractivity contribution in [2.45, 2.75) is 32.0 Å². The Bertz CT molecular complexity index is 1610. The molecule has 0 saturated heterocycles. The predicted octanol–water partition coefficient (Wildman–Crippen LogP) is 5.85. The molecule has 0 aliphatic carbocycles. The largest absolute Gasteiger partial charge is 1.00 e. The van der Waals surface area contributed by atoms with Crippen LogP contribution in [-0.4, -0.2) is 35.1 Å². The molecular weight excluding hydrogens is 736 g/mol. The van der Waals surface area contributed by atoms with Crippen LogP contribution in [0.4, 0.5) is 26.3 Å². The zero-order valence-corrected chi connectivity index (χ0v) is 29.5. The number of aliphatic carboxylic acids is 1. The number of carboxylic acids is 1. The number of esters is 1. The van der Waals surface area contributed by atoms with Crippen LogP contribution < -0.4 is 60.9 Å². The summed E-state index contributed by atoms with van der Waals surface area (Å²) < 4.78 is 91.4. The average molecular weight is 766 g/mol. The number of carboxylic acid groups (broad SMARTS) is 1. The molecule has 49 heavy (non-hydrogen) atoms. The molecule has 0 radical (unpaired) electrons. The van der Waals surface area contributed by atoms with Gasteiger partial charge in [0.05, 0.1) is 18.2 Å². The molecule has 17 heteroatoms. The van der Waals surface area contributed by atoms with E-state index in [1.807, 2.05) is 0 Å². The first-order valence-electron chi connectivity index (χ1n) is 12.6. The van der Waals surface area contributed by atoms with Crippen molar-refractivity contribution in [1.82, 2.24) is 0 Å². The van der Waals surface area contributed by atoms with Crippen molar-refractivity contribution < 1.29 is 118 Å². The van der Waals surface area contributed by atoms with Crippen molar-refractivity contribution in [2.24, 2.45) is 0 Å². The van der Waals surface area contributed by atoms with Crippen molar-refractivity contribution in [1.29, 1.82) is 0 Å². The maximum absolute atomic E-state index is 12.7. The molecule has 0 bridgehead atoms. The average Bonchev–Trinajstić information content (AvgIpc) is 2.99. The van der Waals surface area contributed by atoms with Crippen molar-refractivity contribution in [3.05, 3.63) is 129 Å². The van der Waals surface area contributed by atoms with Crippen LogP contribution in [0.1, 0.15) is 41.9 Å². The van der Waals surface area contributed by atoms with Crippen molar-refractivity contribution in [2.75, 3.05) is 7.11 Å². The molecule has 8 nitrogen and oxygen atoms in total. The van der Waals surface area contributed by atoms with Gasteiger partial charge < -0.3 is 30.3 Å². The summed E-state index contributed by atoms with van der Waals surface area (Å²) in [6, 6.07) is 20.3. The van der Waals surface area contributed by atoms with Crippen LogP contribution >= 0.6 is 23.2 Å². The van der Waals surface area contributed by atoms with Gasteiger partial charge in [-0.2, -0.15) is 26.3 Å². The van der Waals surface area contributed by atoms with Crippen LogP contribution in [0.3, 0.4) is 0 Å². The Morgan fingerprint density at radius 1 is 0.673 bits per heavy atom. The van der Waals surface area contributed by atoms with Gasteiger partial charge in [-0.05, 0) is 60.7 Å². The number of ether oxygens (including phenoxy) is 3. The molecule has 2 atom stereocenters. The monoisotopic (exact) mass is 764 g/mol. The van der Waals surface area contributed by atoms with E-state index >= 15 is 0 Å². The van der Waals surface area contributed by atoms with Crippen LogP contribution in [-0.2, 0) is 26.7 Å². The summed E-state index contributed by atoms with van der Waals surface area (Å²) in [6.45, 7) is 0. The van der Waals surface area contributed by atoms with E-state index in [4.69, 9.17) is 32.7 Å². The van der Waals surface area contributed by atoms with E-state index in [1.54, 1.807) is 12.1 Å². The van der Waals surface area contributed by atoms with Crippen molar-refractivity contribution in [3.63, 3.8) is 0 Å². The van der Waals surface area contributed by atoms with E-state index in [1.165, 1.54) is 61.7 Å². The van der Waals surface area contributed by atoms with Gasteiger partial charge in [-0.15, -0.1) is 0 Å². The molecule has 2 unspecified atom stereocenters. The maximum Gasteiger partial charge on any atom is 1.00 e. The quantitative estimate of drug-likeness (QED) is 0.135. The molecule has 0 aliphatic rings. The molecule has 0 fully saturated rings. The molecule has 4 aromatic carbocycles. The first-order chi connectivity index (χ1) is 21.1.